The van der Waals surface area contributed by atoms with Crippen LogP contribution in [0.3, 0.4) is 0 Å². The van der Waals surface area contributed by atoms with Gasteiger partial charge in [0.05, 0.1) is 6.26 Å². The SMILES string of the molecule is CCC(NC1CCCc2occc21)C1CCCCC1. The average molecular weight is 261 g/mol. The van der Waals surface area contributed by atoms with Gasteiger partial charge in [0.2, 0.25) is 0 Å². The van der Waals surface area contributed by atoms with E-state index in [0.717, 1.165) is 12.3 Å². The van der Waals surface area contributed by atoms with E-state index in [1.807, 2.05) is 6.26 Å². The summed E-state index contributed by atoms with van der Waals surface area (Å²) in [5.41, 5.74) is 1.43. The Labute approximate surface area is 117 Å². The van der Waals surface area contributed by atoms with Crippen LogP contribution < -0.4 is 5.32 Å². The topological polar surface area (TPSA) is 25.2 Å². The second kappa shape index (κ2) is 6.13. The Kier molecular flexibility index (Phi) is 4.27. The summed E-state index contributed by atoms with van der Waals surface area (Å²) in [6.07, 6.45) is 14.0. The molecular formula is C17H27NO. The number of hydrogen-bond donors (Lipinski definition) is 1. The van der Waals surface area contributed by atoms with Gasteiger partial charge in [-0.05, 0) is 44.1 Å². The summed E-state index contributed by atoms with van der Waals surface area (Å²) < 4.78 is 5.61. The van der Waals surface area contributed by atoms with E-state index in [9.17, 15) is 0 Å². The summed E-state index contributed by atoms with van der Waals surface area (Å²) in [5.74, 6) is 2.12. The van der Waals surface area contributed by atoms with Gasteiger partial charge in [0.15, 0.2) is 0 Å². The van der Waals surface area contributed by atoms with Gasteiger partial charge in [-0.25, -0.2) is 0 Å². The lowest BCUT2D eigenvalue weighted by atomic mass is 9.82. The van der Waals surface area contributed by atoms with Crippen LogP contribution in [0.4, 0.5) is 0 Å². The van der Waals surface area contributed by atoms with Crippen LogP contribution in [0.1, 0.15) is 75.7 Å². The fraction of sp³-hybridized carbons (Fsp3) is 0.765. The maximum atomic E-state index is 5.61. The third-order valence-electron chi connectivity index (χ3n) is 5.13. The van der Waals surface area contributed by atoms with Crippen molar-refractivity contribution in [1.82, 2.24) is 5.32 Å². The Hall–Kier alpha value is -0.760. The molecule has 19 heavy (non-hydrogen) atoms. The third-order valence-corrected chi connectivity index (χ3v) is 5.13. The number of rotatable bonds is 4. The summed E-state index contributed by atoms with van der Waals surface area (Å²) in [4.78, 5) is 0. The maximum absolute atomic E-state index is 5.61. The molecule has 106 valence electrons. The first kappa shape index (κ1) is 13.2. The lowest BCUT2D eigenvalue weighted by molar-refractivity contribution is 0.237. The molecule has 1 fully saturated rings. The molecule has 1 aromatic rings. The van der Waals surface area contributed by atoms with Crippen LogP contribution in [0.5, 0.6) is 0 Å². The molecule has 0 bridgehead atoms. The minimum Gasteiger partial charge on any atom is -0.469 e. The van der Waals surface area contributed by atoms with Crippen LogP contribution in [-0.4, -0.2) is 6.04 Å². The lowest BCUT2D eigenvalue weighted by Crippen LogP contribution is -2.40. The molecule has 2 aliphatic carbocycles. The van der Waals surface area contributed by atoms with Crippen molar-refractivity contribution in [3.8, 4) is 0 Å². The van der Waals surface area contributed by atoms with Gasteiger partial charge in [0.1, 0.15) is 5.76 Å². The van der Waals surface area contributed by atoms with E-state index in [4.69, 9.17) is 4.42 Å². The zero-order valence-electron chi connectivity index (χ0n) is 12.2. The standard InChI is InChI=1S/C17H27NO/c1-2-15(13-7-4-3-5-8-13)18-16-9-6-10-17-14(16)11-12-19-17/h11-13,15-16,18H,2-10H2,1H3. The fourth-order valence-electron chi connectivity index (χ4n) is 4.04. The first-order valence-electron chi connectivity index (χ1n) is 8.20. The van der Waals surface area contributed by atoms with Gasteiger partial charge in [-0.1, -0.05) is 26.2 Å². The minimum absolute atomic E-state index is 0.536. The second-order valence-electron chi connectivity index (χ2n) is 6.32. The molecule has 2 unspecified atom stereocenters. The number of fused-ring (bicyclic) bond motifs is 1. The van der Waals surface area contributed by atoms with Gasteiger partial charge in [0.25, 0.3) is 0 Å². The first-order chi connectivity index (χ1) is 9.38. The quantitative estimate of drug-likeness (QED) is 0.856. The third kappa shape index (κ3) is 2.89. The van der Waals surface area contributed by atoms with E-state index in [-0.39, 0.29) is 0 Å². The van der Waals surface area contributed by atoms with E-state index in [2.05, 4.69) is 18.3 Å². The predicted molar refractivity (Wildman–Crippen MR) is 78.2 cm³/mol. The Balaban J connectivity index is 1.66. The molecule has 0 aromatic carbocycles. The zero-order valence-corrected chi connectivity index (χ0v) is 12.2. The molecule has 0 aliphatic heterocycles. The molecule has 0 spiro atoms. The molecule has 1 heterocycles. The number of nitrogens with one attached hydrogen (secondary N) is 1. The van der Waals surface area contributed by atoms with Gasteiger partial charge in [0, 0.05) is 24.1 Å². The molecule has 1 saturated carbocycles. The van der Waals surface area contributed by atoms with Crippen molar-refractivity contribution < 1.29 is 4.42 Å². The normalized spacial score (nSPS) is 26.1. The van der Waals surface area contributed by atoms with Crippen molar-refractivity contribution >= 4 is 0 Å². The zero-order chi connectivity index (χ0) is 13.1. The minimum atomic E-state index is 0.536. The van der Waals surface area contributed by atoms with Gasteiger partial charge in [-0.15, -0.1) is 0 Å². The molecular weight excluding hydrogens is 234 g/mol. The van der Waals surface area contributed by atoms with Crippen molar-refractivity contribution in [3.05, 3.63) is 23.7 Å². The van der Waals surface area contributed by atoms with E-state index >= 15 is 0 Å². The summed E-state index contributed by atoms with van der Waals surface area (Å²) >= 11 is 0. The molecule has 3 rings (SSSR count). The molecule has 0 amide bonds. The largest absolute Gasteiger partial charge is 0.469 e. The molecule has 2 aliphatic rings. The summed E-state index contributed by atoms with van der Waals surface area (Å²) in [5, 5.41) is 3.96. The summed E-state index contributed by atoms with van der Waals surface area (Å²) in [7, 11) is 0. The number of hydrogen-bond acceptors (Lipinski definition) is 2. The van der Waals surface area contributed by atoms with E-state index in [1.165, 1.54) is 62.7 Å². The maximum Gasteiger partial charge on any atom is 0.108 e. The average Bonchev–Trinajstić information content (AvgIpc) is 2.95. The van der Waals surface area contributed by atoms with Crippen LogP contribution in [0.25, 0.3) is 0 Å². The summed E-state index contributed by atoms with van der Waals surface area (Å²) in [6, 6.07) is 3.42. The Morgan fingerprint density at radius 2 is 2.05 bits per heavy atom. The van der Waals surface area contributed by atoms with Crippen molar-refractivity contribution in [2.45, 2.75) is 76.8 Å². The van der Waals surface area contributed by atoms with Crippen molar-refractivity contribution in [3.63, 3.8) is 0 Å². The van der Waals surface area contributed by atoms with Crippen LogP contribution in [0.15, 0.2) is 16.7 Å². The van der Waals surface area contributed by atoms with Gasteiger partial charge in [-0.3, -0.25) is 0 Å². The van der Waals surface area contributed by atoms with E-state index in [1.54, 1.807) is 0 Å². The van der Waals surface area contributed by atoms with Crippen LogP contribution in [0.2, 0.25) is 0 Å². The monoisotopic (exact) mass is 261 g/mol. The number of aryl methyl sites for hydroxylation is 1. The molecule has 0 radical (unpaired) electrons. The van der Waals surface area contributed by atoms with Gasteiger partial charge < -0.3 is 9.73 Å². The second-order valence-corrected chi connectivity index (χ2v) is 6.32. The highest BCUT2D eigenvalue weighted by Crippen LogP contribution is 2.34. The highest BCUT2D eigenvalue weighted by Gasteiger charge is 2.28. The highest BCUT2D eigenvalue weighted by atomic mass is 16.3. The molecule has 2 nitrogen and oxygen atoms in total. The predicted octanol–water partition coefficient (Wildman–Crippen LogP) is 4.61. The molecule has 2 atom stereocenters. The smallest absolute Gasteiger partial charge is 0.108 e. The molecule has 2 heteroatoms. The van der Waals surface area contributed by atoms with Gasteiger partial charge >= 0.3 is 0 Å². The molecule has 0 saturated heterocycles. The molecule has 1 N–H and O–H groups in total. The van der Waals surface area contributed by atoms with Crippen LogP contribution in [-0.2, 0) is 6.42 Å². The van der Waals surface area contributed by atoms with Crippen molar-refractivity contribution in [2.24, 2.45) is 5.92 Å². The van der Waals surface area contributed by atoms with Crippen molar-refractivity contribution in [1.29, 1.82) is 0 Å². The Bertz CT molecular complexity index is 392. The summed E-state index contributed by atoms with van der Waals surface area (Å²) in [6.45, 7) is 2.34. The Morgan fingerprint density at radius 3 is 2.84 bits per heavy atom. The van der Waals surface area contributed by atoms with Gasteiger partial charge in [-0.2, -0.15) is 0 Å². The first-order valence-corrected chi connectivity index (χ1v) is 8.20. The van der Waals surface area contributed by atoms with Crippen LogP contribution in [0, 0.1) is 5.92 Å². The van der Waals surface area contributed by atoms with E-state index < -0.39 is 0 Å². The molecule has 1 aromatic heterocycles. The Morgan fingerprint density at radius 1 is 1.21 bits per heavy atom. The van der Waals surface area contributed by atoms with Crippen LogP contribution >= 0.6 is 0 Å². The number of furan rings is 1. The van der Waals surface area contributed by atoms with E-state index in [0.29, 0.717) is 12.1 Å². The lowest BCUT2D eigenvalue weighted by Gasteiger charge is -2.34. The fourth-order valence-corrected chi connectivity index (χ4v) is 4.04. The highest BCUT2D eigenvalue weighted by molar-refractivity contribution is 5.24. The van der Waals surface area contributed by atoms with Crippen molar-refractivity contribution in [2.75, 3.05) is 0 Å².